The molecule has 2 aromatic rings. The van der Waals surface area contributed by atoms with Crippen molar-refractivity contribution in [3.63, 3.8) is 0 Å². The lowest BCUT2D eigenvalue weighted by molar-refractivity contribution is 0.0955. The molecule has 2 rings (SSSR count). The van der Waals surface area contributed by atoms with Crippen LogP contribution in [-0.2, 0) is 0 Å². The smallest absolute Gasteiger partial charge is 0.271 e. The van der Waals surface area contributed by atoms with Crippen molar-refractivity contribution in [1.29, 1.82) is 0 Å². The van der Waals surface area contributed by atoms with Gasteiger partial charge in [-0.15, -0.1) is 0 Å². The Balaban J connectivity index is 2.09. The molecule has 0 heterocycles. The van der Waals surface area contributed by atoms with E-state index in [2.05, 4.69) is 26.5 Å². The third-order valence-corrected chi connectivity index (χ3v) is 3.67. The molecule has 0 bridgehead atoms. The molecule has 0 radical (unpaired) electrons. The van der Waals surface area contributed by atoms with Crippen molar-refractivity contribution in [3.05, 3.63) is 52.0 Å². The molecule has 0 atom stereocenters. The lowest BCUT2D eigenvalue weighted by atomic mass is 10.2. The average Bonchev–Trinajstić information content (AvgIpc) is 2.59. The van der Waals surface area contributed by atoms with Crippen LogP contribution in [0.25, 0.3) is 0 Å². The zero-order valence-electron chi connectivity index (χ0n) is 13.2. The summed E-state index contributed by atoms with van der Waals surface area (Å²) in [4.78, 5) is 12.0. The Morgan fingerprint density at radius 3 is 2.88 bits per heavy atom. The first-order valence-electron chi connectivity index (χ1n) is 7.18. The van der Waals surface area contributed by atoms with E-state index in [9.17, 15) is 9.90 Å². The van der Waals surface area contributed by atoms with Gasteiger partial charge < -0.3 is 14.6 Å². The van der Waals surface area contributed by atoms with Gasteiger partial charge in [-0.3, -0.25) is 4.79 Å². The maximum atomic E-state index is 12.0. The van der Waals surface area contributed by atoms with E-state index in [-0.39, 0.29) is 11.7 Å². The number of carbonyl (C=O) groups excluding carboxylic acids is 1. The number of hydrogen-bond donors (Lipinski definition) is 2. The Morgan fingerprint density at radius 2 is 2.17 bits per heavy atom. The maximum Gasteiger partial charge on any atom is 0.271 e. The van der Waals surface area contributed by atoms with Crippen LogP contribution in [0.5, 0.6) is 17.2 Å². The van der Waals surface area contributed by atoms with Gasteiger partial charge in [0.25, 0.3) is 5.91 Å². The van der Waals surface area contributed by atoms with Crippen LogP contribution in [0.15, 0.2) is 46.0 Å². The number of phenols is 1. The Bertz CT molecular complexity index is 762. The lowest BCUT2D eigenvalue weighted by Crippen LogP contribution is -2.17. The van der Waals surface area contributed by atoms with Gasteiger partial charge in [0.05, 0.1) is 24.4 Å². The van der Waals surface area contributed by atoms with E-state index in [4.69, 9.17) is 9.47 Å². The van der Waals surface area contributed by atoms with Crippen molar-refractivity contribution in [2.24, 2.45) is 5.10 Å². The summed E-state index contributed by atoms with van der Waals surface area (Å²) < 4.78 is 10.9. The van der Waals surface area contributed by atoms with E-state index in [0.29, 0.717) is 33.7 Å². The van der Waals surface area contributed by atoms with E-state index in [0.717, 1.165) is 0 Å². The average molecular weight is 393 g/mol. The summed E-state index contributed by atoms with van der Waals surface area (Å²) in [6.07, 6.45) is 1.46. The second-order valence-electron chi connectivity index (χ2n) is 4.71. The summed E-state index contributed by atoms with van der Waals surface area (Å²) >= 11 is 3.25. The molecule has 0 spiro atoms. The number of benzene rings is 2. The summed E-state index contributed by atoms with van der Waals surface area (Å²) in [6.45, 7) is 2.25. The topological polar surface area (TPSA) is 80.2 Å². The summed E-state index contributed by atoms with van der Waals surface area (Å²) in [5, 5.41) is 13.8. The van der Waals surface area contributed by atoms with Gasteiger partial charge in [-0.1, -0.05) is 6.07 Å². The minimum Gasteiger partial charge on any atom is -0.503 e. The first-order chi connectivity index (χ1) is 11.5. The zero-order chi connectivity index (χ0) is 17.5. The number of phenolic OH excluding ortho intramolecular Hbond substituents is 1. The van der Waals surface area contributed by atoms with Crippen LogP contribution in [0, 0.1) is 0 Å². The molecule has 0 saturated heterocycles. The highest BCUT2D eigenvalue weighted by Gasteiger charge is 2.09. The monoisotopic (exact) mass is 392 g/mol. The summed E-state index contributed by atoms with van der Waals surface area (Å²) in [7, 11) is 1.54. The Kier molecular flexibility index (Phi) is 6.20. The molecule has 0 unspecified atom stereocenters. The first-order valence-corrected chi connectivity index (χ1v) is 7.97. The zero-order valence-corrected chi connectivity index (χ0v) is 14.8. The molecule has 0 aliphatic heterocycles. The van der Waals surface area contributed by atoms with Crippen molar-refractivity contribution < 1.29 is 19.4 Å². The van der Waals surface area contributed by atoms with Crippen molar-refractivity contribution >= 4 is 28.1 Å². The van der Waals surface area contributed by atoms with Crippen LogP contribution in [-0.4, -0.2) is 30.9 Å². The number of carbonyl (C=O) groups is 1. The molecule has 0 fully saturated rings. The van der Waals surface area contributed by atoms with Crippen molar-refractivity contribution in [2.75, 3.05) is 13.7 Å². The molecule has 2 aromatic carbocycles. The first kappa shape index (κ1) is 17.8. The van der Waals surface area contributed by atoms with Crippen molar-refractivity contribution in [3.8, 4) is 17.2 Å². The molecule has 0 aromatic heterocycles. The van der Waals surface area contributed by atoms with Crippen molar-refractivity contribution in [1.82, 2.24) is 5.43 Å². The van der Waals surface area contributed by atoms with E-state index in [1.165, 1.54) is 13.3 Å². The van der Waals surface area contributed by atoms with Crippen LogP contribution >= 0.6 is 15.9 Å². The fraction of sp³-hybridized carbons (Fsp3) is 0.176. The number of aromatic hydroxyl groups is 1. The van der Waals surface area contributed by atoms with Gasteiger partial charge in [0.2, 0.25) is 0 Å². The van der Waals surface area contributed by atoms with Crippen LogP contribution in [0.2, 0.25) is 0 Å². The second-order valence-corrected chi connectivity index (χ2v) is 5.57. The molecule has 0 aliphatic carbocycles. The van der Waals surface area contributed by atoms with Crippen LogP contribution in [0.4, 0.5) is 0 Å². The fourth-order valence-electron chi connectivity index (χ4n) is 1.93. The van der Waals surface area contributed by atoms with Gasteiger partial charge in [-0.05, 0) is 58.7 Å². The molecule has 7 heteroatoms. The molecule has 1 amide bonds. The minimum absolute atomic E-state index is 0.0226. The maximum absolute atomic E-state index is 12.0. The number of halogens is 1. The predicted molar refractivity (Wildman–Crippen MR) is 95.0 cm³/mol. The molecule has 6 nitrogen and oxygen atoms in total. The lowest BCUT2D eigenvalue weighted by Gasteiger charge is -2.08. The van der Waals surface area contributed by atoms with Gasteiger partial charge in [-0.25, -0.2) is 5.43 Å². The normalized spacial score (nSPS) is 10.6. The molecule has 2 N–H and O–H groups in total. The van der Waals surface area contributed by atoms with Gasteiger partial charge >= 0.3 is 0 Å². The standard InChI is InChI=1S/C17H17BrN2O4/c1-3-24-15-8-11(7-14(18)16(15)21)10-19-20-17(22)12-5-4-6-13(9-12)23-2/h4-10,21H,3H2,1-2H3,(H,20,22)/b19-10+. The molecular formula is C17H17BrN2O4. The second kappa shape index (κ2) is 8.35. The highest BCUT2D eigenvalue weighted by Crippen LogP contribution is 2.35. The molecular weight excluding hydrogens is 376 g/mol. The number of ether oxygens (including phenoxy) is 2. The fourth-order valence-corrected chi connectivity index (χ4v) is 2.39. The van der Waals surface area contributed by atoms with E-state index in [1.54, 1.807) is 36.4 Å². The van der Waals surface area contributed by atoms with Crippen molar-refractivity contribution in [2.45, 2.75) is 6.92 Å². The SMILES string of the molecule is CCOc1cc(/C=N/NC(=O)c2cccc(OC)c2)cc(Br)c1O. The van der Waals surface area contributed by atoms with Gasteiger partial charge in [0.15, 0.2) is 11.5 Å². The molecule has 0 aliphatic rings. The number of rotatable bonds is 6. The van der Waals surface area contributed by atoms with Gasteiger partial charge in [0.1, 0.15) is 5.75 Å². The summed E-state index contributed by atoms with van der Waals surface area (Å²) in [5.74, 6) is 0.602. The van der Waals surface area contributed by atoms with E-state index >= 15 is 0 Å². The van der Waals surface area contributed by atoms with Gasteiger partial charge in [0, 0.05) is 5.56 Å². The minimum atomic E-state index is -0.354. The number of nitrogens with zero attached hydrogens (tertiary/aromatic N) is 1. The summed E-state index contributed by atoms with van der Waals surface area (Å²) in [5.41, 5.74) is 3.54. The molecule has 126 valence electrons. The number of hydrogen-bond acceptors (Lipinski definition) is 5. The third-order valence-electron chi connectivity index (χ3n) is 3.06. The summed E-state index contributed by atoms with van der Waals surface area (Å²) in [6, 6.07) is 10.1. The number of hydrazone groups is 1. The van der Waals surface area contributed by atoms with Crippen LogP contribution in [0.3, 0.4) is 0 Å². The Hall–Kier alpha value is -2.54. The Labute approximate surface area is 148 Å². The van der Waals surface area contributed by atoms with Crippen LogP contribution < -0.4 is 14.9 Å². The predicted octanol–water partition coefficient (Wildman–Crippen LogP) is 3.33. The number of methoxy groups -OCH3 is 1. The highest BCUT2D eigenvalue weighted by molar-refractivity contribution is 9.10. The third kappa shape index (κ3) is 4.48. The largest absolute Gasteiger partial charge is 0.503 e. The van der Waals surface area contributed by atoms with Crippen LogP contribution in [0.1, 0.15) is 22.8 Å². The molecule has 0 saturated carbocycles. The van der Waals surface area contributed by atoms with Gasteiger partial charge in [-0.2, -0.15) is 5.10 Å². The Morgan fingerprint density at radius 1 is 1.38 bits per heavy atom. The number of nitrogens with one attached hydrogen (secondary N) is 1. The quantitative estimate of drug-likeness (QED) is 0.583. The van der Waals surface area contributed by atoms with E-state index < -0.39 is 0 Å². The van der Waals surface area contributed by atoms with E-state index in [1.807, 2.05) is 6.92 Å². The molecule has 24 heavy (non-hydrogen) atoms. The highest BCUT2D eigenvalue weighted by atomic mass is 79.9. The number of amides is 1.